The molecule has 0 aliphatic heterocycles. The van der Waals surface area contributed by atoms with Gasteiger partial charge in [-0.05, 0) is 49.7 Å². The highest BCUT2D eigenvalue weighted by molar-refractivity contribution is 5.36. The van der Waals surface area contributed by atoms with E-state index < -0.39 is 0 Å². The van der Waals surface area contributed by atoms with Gasteiger partial charge < -0.3 is 5.32 Å². The van der Waals surface area contributed by atoms with Crippen molar-refractivity contribution in [2.75, 3.05) is 0 Å². The van der Waals surface area contributed by atoms with Crippen molar-refractivity contribution in [3.63, 3.8) is 0 Å². The van der Waals surface area contributed by atoms with E-state index in [1.54, 1.807) is 11.1 Å². The average molecular weight is 215 g/mol. The number of fused-ring (bicyclic) bond motifs is 1. The molecule has 0 saturated heterocycles. The largest absolute Gasteiger partial charge is 0.307 e. The Morgan fingerprint density at radius 3 is 2.88 bits per heavy atom. The molecule has 1 nitrogen and oxygen atoms in total. The Morgan fingerprint density at radius 1 is 1.31 bits per heavy atom. The lowest BCUT2D eigenvalue weighted by Crippen LogP contribution is -2.27. The minimum atomic E-state index is 0.624. The van der Waals surface area contributed by atoms with E-state index in [1.165, 1.54) is 31.2 Å². The standard InChI is InChI=1S/C15H21N/c1-10-6-7-12-4-3-5-14(13(12)8-10)16-15-9-11(15)2/h6-8,11,14-16H,3-5,9H2,1-2H3. The van der Waals surface area contributed by atoms with Crippen molar-refractivity contribution in [2.45, 2.75) is 51.6 Å². The van der Waals surface area contributed by atoms with Gasteiger partial charge in [-0.25, -0.2) is 0 Å². The molecule has 1 saturated carbocycles. The monoisotopic (exact) mass is 215 g/mol. The third kappa shape index (κ3) is 1.89. The first kappa shape index (κ1) is 10.3. The number of hydrogen-bond acceptors (Lipinski definition) is 1. The second-order valence-corrected chi connectivity index (χ2v) is 5.63. The van der Waals surface area contributed by atoms with Crippen LogP contribution in [0.4, 0.5) is 0 Å². The fourth-order valence-corrected chi connectivity index (χ4v) is 2.90. The number of benzene rings is 1. The summed E-state index contributed by atoms with van der Waals surface area (Å²) in [6.07, 6.45) is 5.31. The molecule has 1 fully saturated rings. The summed E-state index contributed by atoms with van der Waals surface area (Å²) in [5.74, 6) is 0.898. The van der Waals surface area contributed by atoms with Crippen molar-refractivity contribution in [1.29, 1.82) is 0 Å². The van der Waals surface area contributed by atoms with Gasteiger partial charge in [-0.1, -0.05) is 30.7 Å². The first-order valence-electron chi connectivity index (χ1n) is 6.59. The lowest BCUT2D eigenvalue weighted by molar-refractivity contribution is 0.448. The summed E-state index contributed by atoms with van der Waals surface area (Å²) in [6.45, 7) is 4.54. The second-order valence-electron chi connectivity index (χ2n) is 5.63. The normalized spacial score (nSPS) is 32.2. The third-order valence-corrected chi connectivity index (χ3v) is 4.14. The molecular formula is C15H21N. The van der Waals surface area contributed by atoms with E-state index in [0.717, 1.165) is 12.0 Å². The van der Waals surface area contributed by atoms with Crippen LogP contribution in [0.3, 0.4) is 0 Å². The van der Waals surface area contributed by atoms with Crippen LogP contribution in [0.15, 0.2) is 18.2 Å². The van der Waals surface area contributed by atoms with Crippen LogP contribution >= 0.6 is 0 Å². The predicted molar refractivity (Wildman–Crippen MR) is 67.6 cm³/mol. The summed E-state index contributed by atoms with van der Waals surface area (Å²) < 4.78 is 0. The third-order valence-electron chi connectivity index (χ3n) is 4.14. The van der Waals surface area contributed by atoms with Crippen LogP contribution in [0.5, 0.6) is 0 Å². The van der Waals surface area contributed by atoms with Gasteiger partial charge in [0.25, 0.3) is 0 Å². The van der Waals surface area contributed by atoms with Gasteiger partial charge in [-0.15, -0.1) is 0 Å². The lowest BCUT2D eigenvalue weighted by atomic mass is 9.86. The van der Waals surface area contributed by atoms with E-state index in [2.05, 4.69) is 37.4 Å². The van der Waals surface area contributed by atoms with Gasteiger partial charge in [0, 0.05) is 12.1 Å². The summed E-state index contributed by atoms with van der Waals surface area (Å²) >= 11 is 0. The summed E-state index contributed by atoms with van der Waals surface area (Å²) in [6, 6.07) is 8.38. The van der Waals surface area contributed by atoms with Crippen LogP contribution in [0.25, 0.3) is 0 Å². The van der Waals surface area contributed by atoms with Crippen molar-refractivity contribution in [2.24, 2.45) is 5.92 Å². The van der Waals surface area contributed by atoms with Gasteiger partial charge in [-0.3, -0.25) is 0 Å². The molecule has 0 aromatic heterocycles. The molecule has 3 atom stereocenters. The highest BCUT2D eigenvalue weighted by atomic mass is 15.0. The van der Waals surface area contributed by atoms with Gasteiger partial charge in [0.15, 0.2) is 0 Å². The molecule has 1 aromatic carbocycles. The SMILES string of the molecule is Cc1ccc2c(c1)C(NC1CC1C)CCC2. The minimum Gasteiger partial charge on any atom is -0.307 e. The van der Waals surface area contributed by atoms with Gasteiger partial charge in [0.1, 0.15) is 0 Å². The molecule has 0 bridgehead atoms. The molecule has 1 aromatic rings. The number of aryl methyl sites for hydroxylation is 2. The van der Waals surface area contributed by atoms with Crippen molar-refractivity contribution in [1.82, 2.24) is 5.32 Å². The lowest BCUT2D eigenvalue weighted by Gasteiger charge is -2.27. The van der Waals surface area contributed by atoms with Crippen molar-refractivity contribution in [3.05, 3.63) is 34.9 Å². The first-order chi connectivity index (χ1) is 7.74. The molecule has 2 aliphatic rings. The Labute approximate surface area is 98.3 Å². The molecule has 1 heteroatoms. The van der Waals surface area contributed by atoms with E-state index in [4.69, 9.17) is 0 Å². The van der Waals surface area contributed by atoms with Gasteiger partial charge >= 0.3 is 0 Å². The highest BCUT2D eigenvalue weighted by Gasteiger charge is 2.35. The molecule has 3 rings (SSSR count). The molecular weight excluding hydrogens is 194 g/mol. The molecule has 3 unspecified atom stereocenters. The molecule has 86 valence electrons. The molecule has 0 radical (unpaired) electrons. The summed E-state index contributed by atoms with van der Waals surface area (Å²) in [4.78, 5) is 0. The number of rotatable bonds is 2. The van der Waals surface area contributed by atoms with Gasteiger partial charge in [-0.2, -0.15) is 0 Å². The predicted octanol–water partition coefficient (Wildman–Crippen LogP) is 3.37. The van der Waals surface area contributed by atoms with Crippen molar-refractivity contribution >= 4 is 0 Å². The van der Waals surface area contributed by atoms with Crippen LogP contribution < -0.4 is 5.32 Å². The maximum absolute atomic E-state index is 3.83. The molecule has 0 spiro atoms. The Morgan fingerprint density at radius 2 is 2.12 bits per heavy atom. The maximum Gasteiger partial charge on any atom is 0.0325 e. The van der Waals surface area contributed by atoms with Crippen LogP contribution in [-0.4, -0.2) is 6.04 Å². The highest BCUT2D eigenvalue weighted by Crippen LogP contribution is 2.36. The number of hydrogen-bond donors (Lipinski definition) is 1. The topological polar surface area (TPSA) is 12.0 Å². The quantitative estimate of drug-likeness (QED) is 0.797. The molecule has 2 aliphatic carbocycles. The van der Waals surface area contributed by atoms with Crippen molar-refractivity contribution < 1.29 is 0 Å². The zero-order valence-electron chi connectivity index (χ0n) is 10.3. The van der Waals surface area contributed by atoms with E-state index in [0.29, 0.717) is 6.04 Å². The van der Waals surface area contributed by atoms with Crippen LogP contribution in [-0.2, 0) is 6.42 Å². The van der Waals surface area contributed by atoms with Crippen LogP contribution in [0.2, 0.25) is 0 Å². The Hall–Kier alpha value is -0.820. The Kier molecular flexibility index (Phi) is 2.51. The van der Waals surface area contributed by atoms with E-state index in [-0.39, 0.29) is 0 Å². The van der Waals surface area contributed by atoms with Crippen molar-refractivity contribution in [3.8, 4) is 0 Å². The van der Waals surface area contributed by atoms with E-state index >= 15 is 0 Å². The number of nitrogens with one attached hydrogen (secondary N) is 1. The van der Waals surface area contributed by atoms with Crippen LogP contribution in [0, 0.1) is 12.8 Å². The second kappa shape index (κ2) is 3.89. The molecule has 0 heterocycles. The first-order valence-corrected chi connectivity index (χ1v) is 6.59. The zero-order chi connectivity index (χ0) is 11.1. The van der Waals surface area contributed by atoms with Gasteiger partial charge in [0.05, 0.1) is 0 Å². The Bertz CT molecular complexity index is 396. The molecule has 0 amide bonds. The fraction of sp³-hybridized carbons (Fsp3) is 0.600. The zero-order valence-corrected chi connectivity index (χ0v) is 10.3. The average Bonchev–Trinajstić information content (AvgIpc) is 2.95. The fourth-order valence-electron chi connectivity index (χ4n) is 2.90. The summed E-state index contributed by atoms with van der Waals surface area (Å²) in [7, 11) is 0. The maximum atomic E-state index is 3.83. The summed E-state index contributed by atoms with van der Waals surface area (Å²) in [5, 5.41) is 3.83. The van der Waals surface area contributed by atoms with Crippen LogP contribution in [0.1, 0.15) is 48.9 Å². The smallest absolute Gasteiger partial charge is 0.0325 e. The van der Waals surface area contributed by atoms with E-state index in [1.807, 2.05) is 0 Å². The Balaban J connectivity index is 1.83. The van der Waals surface area contributed by atoms with E-state index in [9.17, 15) is 0 Å². The summed E-state index contributed by atoms with van der Waals surface area (Å²) in [5.41, 5.74) is 4.55. The van der Waals surface area contributed by atoms with Gasteiger partial charge in [0.2, 0.25) is 0 Å². The molecule has 1 N–H and O–H groups in total. The molecule has 16 heavy (non-hydrogen) atoms. The minimum absolute atomic E-state index is 0.624.